The molecule has 0 aliphatic heterocycles. The second-order valence-electron chi connectivity index (χ2n) is 4.38. The van der Waals surface area contributed by atoms with Gasteiger partial charge in [0.2, 0.25) is 0 Å². The highest BCUT2D eigenvalue weighted by atomic mass is 14.8. The average molecular weight is 204 g/mol. The lowest BCUT2D eigenvalue weighted by molar-refractivity contribution is 0.615. The first-order chi connectivity index (χ1) is 7.31. The second kappa shape index (κ2) is 4.77. The zero-order valence-corrected chi connectivity index (χ0v) is 9.42. The van der Waals surface area contributed by atoms with E-state index in [1.165, 1.54) is 36.0 Å². The first-order valence-corrected chi connectivity index (χ1v) is 5.83. The van der Waals surface area contributed by atoms with Crippen LogP contribution in [0.5, 0.6) is 0 Å². The van der Waals surface area contributed by atoms with E-state index in [0.717, 1.165) is 13.0 Å². The van der Waals surface area contributed by atoms with Crippen molar-refractivity contribution in [1.82, 2.24) is 5.32 Å². The molecule has 0 amide bonds. The molecule has 1 aromatic carbocycles. The fourth-order valence-electron chi connectivity index (χ4n) is 2.29. The maximum Gasteiger partial charge on any atom is 0.0307 e. The minimum Gasteiger partial charge on any atom is -0.324 e. The number of hydrogen-bond donors (Lipinski definition) is 2. The van der Waals surface area contributed by atoms with Gasteiger partial charge in [-0.15, -0.1) is 0 Å². The van der Waals surface area contributed by atoms with Crippen molar-refractivity contribution in [3.8, 4) is 0 Å². The average Bonchev–Trinajstić information content (AvgIpc) is 2.72. The molecule has 0 heterocycles. The largest absolute Gasteiger partial charge is 0.324 e. The standard InChI is InChI=1S/C13H20N2/c1-15-8-7-13(14)12-6-5-10-3-2-4-11(10)9-12/h5-6,9,13,15H,2-4,7-8,14H2,1H3. The smallest absolute Gasteiger partial charge is 0.0307 e. The van der Waals surface area contributed by atoms with Crippen LogP contribution in [-0.2, 0) is 12.8 Å². The summed E-state index contributed by atoms with van der Waals surface area (Å²) in [4.78, 5) is 0. The fraction of sp³-hybridized carbons (Fsp3) is 0.538. The quantitative estimate of drug-likeness (QED) is 0.784. The van der Waals surface area contributed by atoms with Crippen LogP contribution in [0.25, 0.3) is 0 Å². The molecule has 0 spiro atoms. The number of benzene rings is 1. The van der Waals surface area contributed by atoms with Gasteiger partial charge < -0.3 is 11.1 Å². The maximum absolute atomic E-state index is 6.14. The lowest BCUT2D eigenvalue weighted by atomic mass is 10.00. The molecule has 1 aliphatic rings. The summed E-state index contributed by atoms with van der Waals surface area (Å²) < 4.78 is 0. The van der Waals surface area contributed by atoms with Crippen molar-refractivity contribution in [3.05, 3.63) is 34.9 Å². The van der Waals surface area contributed by atoms with Gasteiger partial charge in [-0.3, -0.25) is 0 Å². The van der Waals surface area contributed by atoms with Crippen LogP contribution in [0.4, 0.5) is 0 Å². The van der Waals surface area contributed by atoms with Gasteiger partial charge in [-0.1, -0.05) is 18.2 Å². The van der Waals surface area contributed by atoms with Crippen molar-refractivity contribution >= 4 is 0 Å². The summed E-state index contributed by atoms with van der Waals surface area (Å²) in [5.41, 5.74) is 10.5. The molecule has 82 valence electrons. The van der Waals surface area contributed by atoms with E-state index in [1.54, 1.807) is 0 Å². The summed E-state index contributed by atoms with van der Waals surface area (Å²) in [6, 6.07) is 6.95. The SMILES string of the molecule is CNCCC(N)c1ccc2c(c1)CCC2. The lowest BCUT2D eigenvalue weighted by Crippen LogP contribution is -2.18. The van der Waals surface area contributed by atoms with Crippen LogP contribution >= 0.6 is 0 Å². The van der Waals surface area contributed by atoms with Crippen molar-refractivity contribution in [2.24, 2.45) is 5.73 Å². The van der Waals surface area contributed by atoms with Gasteiger partial charge in [0.1, 0.15) is 0 Å². The van der Waals surface area contributed by atoms with Crippen molar-refractivity contribution in [3.63, 3.8) is 0 Å². The molecule has 3 N–H and O–H groups in total. The lowest BCUT2D eigenvalue weighted by Gasteiger charge is -2.13. The van der Waals surface area contributed by atoms with Gasteiger partial charge in [-0.25, -0.2) is 0 Å². The highest BCUT2D eigenvalue weighted by molar-refractivity contribution is 5.36. The van der Waals surface area contributed by atoms with E-state index in [9.17, 15) is 0 Å². The minimum atomic E-state index is 0.184. The van der Waals surface area contributed by atoms with Gasteiger partial charge in [0.25, 0.3) is 0 Å². The van der Waals surface area contributed by atoms with Crippen LogP contribution in [0.2, 0.25) is 0 Å². The molecule has 1 aliphatic carbocycles. The van der Waals surface area contributed by atoms with Crippen LogP contribution in [0.3, 0.4) is 0 Å². The second-order valence-corrected chi connectivity index (χ2v) is 4.38. The van der Waals surface area contributed by atoms with Gasteiger partial charge in [0.05, 0.1) is 0 Å². The Labute approximate surface area is 91.9 Å². The summed E-state index contributed by atoms with van der Waals surface area (Å²) in [6.07, 6.45) is 4.81. The molecular weight excluding hydrogens is 184 g/mol. The molecule has 2 nitrogen and oxygen atoms in total. The van der Waals surface area contributed by atoms with E-state index >= 15 is 0 Å². The Morgan fingerprint density at radius 3 is 2.93 bits per heavy atom. The molecule has 0 radical (unpaired) electrons. The van der Waals surface area contributed by atoms with Gasteiger partial charge in [-0.2, -0.15) is 0 Å². The van der Waals surface area contributed by atoms with Crippen LogP contribution in [0, 0.1) is 0 Å². The van der Waals surface area contributed by atoms with Gasteiger partial charge in [-0.05, 0) is 56.0 Å². The minimum absolute atomic E-state index is 0.184. The fourth-order valence-corrected chi connectivity index (χ4v) is 2.29. The number of fused-ring (bicyclic) bond motifs is 1. The van der Waals surface area contributed by atoms with E-state index in [0.29, 0.717) is 0 Å². The Morgan fingerprint density at radius 1 is 1.33 bits per heavy atom. The Hall–Kier alpha value is -0.860. The van der Waals surface area contributed by atoms with Crippen molar-refractivity contribution in [1.29, 1.82) is 0 Å². The van der Waals surface area contributed by atoms with E-state index < -0.39 is 0 Å². The summed E-state index contributed by atoms with van der Waals surface area (Å²) >= 11 is 0. The normalized spacial score (nSPS) is 16.4. The molecule has 0 saturated carbocycles. The molecule has 1 aromatic rings. The van der Waals surface area contributed by atoms with Gasteiger partial charge in [0.15, 0.2) is 0 Å². The monoisotopic (exact) mass is 204 g/mol. The molecule has 15 heavy (non-hydrogen) atoms. The number of rotatable bonds is 4. The maximum atomic E-state index is 6.14. The van der Waals surface area contributed by atoms with E-state index in [2.05, 4.69) is 23.5 Å². The zero-order valence-electron chi connectivity index (χ0n) is 9.42. The first-order valence-electron chi connectivity index (χ1n) is 5.83. The number of aryl methyl sites for hydroxylation is 2. The van der Waals surface area contributed by atoms with Gasteiger partial charge >= 0.3 is 0 Å². The van der Waals surface area contributed by atoms with Crippen molar-refractivity contribution in [2.45, 2.75) is 31.7 Å². The Morgan fingerprint density at radius 2 is 2.13 bits per heavy atom. The molecule has 0 fully saturated rings. The van der Waals surface area contributed by atoms with Crippen LogP contribution in [-0.4, -0.2) is 13.6 Å². The summed E-state index contributed by atoms with van der Waals surface area (Å²) in [7, 11) is 1.97. The topological polar surface area (TPSA) is 38.0 Å². The van der Waals surface area contributed by atoms with Crippen molar-refractivity contribution in [2.75, 3.05) is 13.6 Å². The number of nitrogens with one attached hydrogen (secondary N) is 1. The molecule has 0 saturated heterocycles. The van der Waals surface area contributed by atoms with E-state index in [4.69, 9.17) is 5.73 Å². The Kier molecular flexibility index (Phi) is 3.39. The summed E-state index contributed by atoms with van der Waals surface area (Å²) in [6.45, 7) is 0.984. The van der Waals surface area contributed by atoms with Gasteiger partial charge in [0, 0.05) is 6.04 Å². The van der Waals surface area contributed by atoms with Crippen LogP contribution in [0.1, 0.15) is 35.6 Å². The molecule has 0 bridgehead atoms. The molecule has 1 unspecified atom stereocenters. The van der Waals surface area contributed by atoms with E-state index in [-0.39, 0.29) is 6.04 Å². The third-order valence-corrected chi connectivity index (χ3v) is 3.26. The predicted octanol–water partition coefficient (Wildman–Crippen LogP) is 1.78. The number of hydrogen-bond acceptors (Lipinski definition) is 2. The van der Waals surface area contributed by atoms with Crippen molar-refractivity contribution < 1.29 is 0 Å². The Bertz CT molecular complexity index is 333. The highest BCUT2D eigenvalue weighted by Gasteiger charge is 2.13. The summed E-state index contributed by atoms with van der Waals surface area (Å²) in [5, 5.41) is 3.14. The molecule has 1 atom stereocenters. The number of nitrogens with two attached hydrogens (primary N) is 1. The zero-order chi connectivity index (χ0) is 10.7. The molecule has 2 heteroatoms. The van der Waals surface area contributed by atoms with E-state index in [1.807, 2.05) is 7.05 Å². The van der Waals surface area contributed by atoms with Crippen LogP contribution < -0.4 is 11.1 Å². The Balaban J connectivity index is 2.08. The summed E-state index contributed by atoms with van der Waals surface area (Å²) in [5.74, 6) is 0. The van der Waals surface area contributed by atoms with Crippen LogP contribution in [0.15, 0.2) is 18.2 Å². The first kappa shape index (κ1) is 10.7. The molecule has 0 aromatic heterocycles. The highest BCUT2D eigenvalue weighted by Crippen LogP contribution is 2.25. The molecular formula is C13H20N2. The molecule has 2 rings (SSSR count). The third-order valence-electron chi connectivity index (χ3n) is 3.26. The predicted molar refractivity (Wildman–Crippen MR) is 63.9 cm³/mol. The third kappa shape index (κ3) is 2.39.